The molecule has 1 saturated heterocycles. The Morgan fingerprint density at radius 1 is 1.15 bits per heavy atom. The summed E-state index contributed by atoms with van der Waals surface area (Å²) < 4.78 is 24.5. The number of carbonyl (C=O) groups excluding carboxylic acids is 3. The lowest BCUT2D eigenvalue weighted by atomic mass is 9.84. The molecule has 2 aromatic carbocycles. The van der Waals surface area contributed by atoms with Crippen LogP contribution in [0.2, 0.25) is 0 Å². The molecule has 0 saturated carbocycles. The van der Waals surface area contributed by atoms with Gasteiger partial charge in [-0.05, 0) is 41.8 Å². The van der Waals surface area contributed by atoms with E-state index in [-0.39, 0.29) is 30.2 Å². The molecule has 1 aliphatic rings. The second-order valence-corrected chi connectivity index (χ2v) is 11.1. The van der Waals surface area contributed by atoms with Crippen molar-refractivity contribution in [1.82, 2.24) is 5.32 Å². The maximum atomic E-state index is 13.1. The van der Waals surface area contributed by atoms with Crippen LogP contribution in [-0.2, 0) is 20.2 Å². The molecule has 34 heavy (non-hydrogen) atoms. The molecular formula is C23H28N4O6S. The third kappa shape index (κ3) is 5.30. The Morgan fingerprint density at radius 2 is 1.76 bits per heavy atom. The lowest BCUT2D eigenvalue weighted by Crippen LogP contribution is -2.49. The van der Waals surface area contributed by atoms with Crippen molar-refractivity contribution in [3.63, 3.8) is 0 Å². The second kappa shape index (κ2) is 8.98. The molecule has 0 aliphatic carbocycles. The summed E-state index contributed by atoms with van der Waals surface area (Å²) in [6.45, 7) is 5.74. The third-order valence-corrected chi connectivity index (χ3v) is 6.70. The summed E-state index contributed by atoms with van der Waals surface area (Å²) in [4.78, 5) is 38.4. The van der Waals surface area contributed by atoms with Crippen LogP contribution in [-0.4, -0.2) is 51.2 Å². The van der Waals surface area contributed by atoms with Gasteiger partial charge in [-0.3, -0.25) is 24.1 Å². The average Bonchev–Trinajstić information content (AvgIpc) is 2.72. The number of phenols is 1. The van der Waals surface area contributed by atoms with E-state index in [2.05, 4.69) is 10.6 Å². The van der Waals surface area contributed by atoms with Gasteiger partial charge in [-0.2, -0.15) is 0 Å². The number of phenolic OH excluding ortho intramolecular Hbond substituents is 1. The number of carbonyl (C=O) groups is 3. The second-order valence-electron chi connectivity index (χ2n) is 9.13. The van der Waals surface area contributed by atoms with E-state index < -0.39 is 27.4 Å². The molecule has 0 unspecified atom stereocenters. The van der Waals surface area contributed by atoms with Crippen molar-refractivity contribution in [3.8, 4) is 5.75 Å². The van der Waals surface area contributed by atoms with E-state index >= 15 is 0 Å². The Kier molecular flexibility index (Phi) is 6.61. The molecule has 4 amide bonds. The van der Waals surface area contributed by atoms with Gasteiger partial charge in [0, 0.05) is 37.0 Å². The fourth-order valence-corrected chi connectivity index (χ4v) is 3.98. The number of urea groups is 1. The number of imide groups is 1. The normalized spacial score (nSPS) is 14.6. The van der Waals surface area contributed by atoms with Crippen molar-refractivity contribution >= 4 is 44.9 Å². The van der Waals surface area contributed by atoms with E-state index in [1.165, 1.54) is 18.0 Å². The molecule has 0 spiro atoms. The SMILES string of the molecule is CN(c1ccc(NC(=O)c2cc(N3CCC(=O)NC3=O)cc(C(C)(C)C)c2O)cc1)S(C)(=O)=O. The largest absolute Gasteiger partial charge is 0.507 e. The zero-order chi connectivity index (χ0) is 25.4. The van der Waals surface area contributed by atoms with Crippen LogP contribution in [0.3, 0.4) is 0 Å². The van der Waals surface area contributed by atoms with Crippen LogP contribution in [0.15, 0.2) is 36.4 Å². The zero-order valence-electron chi connectivity index (χ0n) is 19.7. The Bertz CT molecular complexity index is 1250. The van der Waals surface area contributed by atoms with E-state index in [1.54, 1.807) is 30.3 Å². The summed E-state index contributed by atoms with van der Waals surface area (Å²) in [7, 11) is -2.01. The van der Waals surface area contributed by atoms with Crippen molar-refractivity contribution in [2.24, 2.45) is 0 Å². The van der Waals surface area contributed by atoms with Crippen molar-refractivity contribution in [2.45, 2.75) is 32.6 Å². The van der Waals surface area contributed by atoms with Gasteiger partial charge in [0.25, 0.3) is 5.91 Å². The first-order chi connectivity index (χ1) is 15.7. The molecule has 2 aromatic rings. The van der Waals surface area contributed by atoms with E-state index in [1.807, 2.05) is 20.8 Å². The topological polar surface area (TPSA) is 136 Å². The molecule has 0 atom stereocenters. The van der Waals surface area contributed by atoms with Gasteiger partial charge in [0.1, 0.15) is 5.75 Å². The first-order valence-electron chi connectivity index (χ1n) is 10.5. The number of benzene rings is 2. The highest BCUT2D eigenvalue weighted by Gasteiger charge is 2.29. The van der Waals surface area contributed by atoms with E-state index in [4.69, 9.17) is 0 Å². The Balaban J connectivity index is 1.95. The third-order valence-electron chi connectivity index (χ3n) is 5.50. The summed E-state index contributed by atoms with van der Waals surface area (Å²) >= 11 is 0. The minimum Gasteiger partial charge on any atom is -0.507 e. The molecule has 0 radical (unpaired) electrons. The minimum atomic E-state index is -3.43. The quantitative estimate of drug-likeness (QED) is 0.592. The van der Waals surface area contributed by atoms with Crippen LogP contribution in [0.4, 0.5) is 21.9 Å². The molecule has 11 heteroatoms. The molecule has 0 bridgehead atoms. The van der Waals surface area contributed by atoms with E-state index in [0.717, 1.165) is 10.6 Å². The Labute approximate surface area is 198 Å². The van der Waals surface area contributed by atoms with Crippen LogP contribution in [0.5, 0.6) is 5.75 Å². The zero-order valence-corrected chi connectivity index (χ0v) is 20.5. The molecule has 3 N–H and O–H groups in total. The van der Waals surface area contributed by atoms with Gasteiger partial charge >= 0.3 is 6.03 Å². The van der Waals surface area contributed by atoms with Gasteiger partial charge in [-0.1, -0.05) is 20.8 Å². The van der Waals surface area contributed by atoms with Crippen molar-refractivity contribution in [1.29, 1.82) is 0 Å². The number of nitrogens with zero attached hydrogens (tertiary/aromatic N) is 2. The monoisotopic (exact) mass is 488 g/mol. The summed E-state index contributed by atoms with van der Waals surface area (Å²) in [5, 5.41) is 15.8. The maximum Gasteiger partial charge on any atom is 0.328 e. The van der Waals surface area contributed by atoms with Crippen molar-refractivity contribution in [3.05, 3.63) is 47.5 Å². The van der Waals surface area contributed by atoms with E-state index in [9.17, 15) is 27.9 Å². The van der Waals surface area contributed by atoms with Crippen LogP contribution >= 0.6 is 0 Å². The first kappa shape index (κ1) is 25.0. The fraction of sp³-hybridized carbons (Fsp3) is 0.348. The smallest absolute Gasteiger partial charge is 0.328 e. The Hall–Kier alpha value is -3.60. The van der Waals surface area contributed by atoms with Gasteiger partial charge in [-0.25, -0.2) is 13.2 Å². The molecule has 0 aromatic heterocycles. The number of rotatable bonds is 5. The number of nitrogens with one attached hydrogen (secondary N) is 2. The van der Waals surface area contributed by atoms with Gasteiger partial charge in [0.05, 0.1) is 17.5 Å². The maximum absolute atomic E-state index is 13.1. The lowest BCUT2D eigenvalue weighted by Gasteiger charge is -2.29. The average molecular weight is 489 g/mol. The molecule has 1 heterocycles. The predicted octanol–water partition coefficient (Wildman–Crippen LogP) is 2.78. The predicted molar refractivity (Wildman–Crippen MR) is 130 cm³/mol. The van der Waals surface area contributed by atoms with Crippen LogP contribution in [0.25, 0.3) is 0 Å². The molecule has 1 fully saturated rings. The highest BCUT2D eigenvalue weighted by molar-refractivity contribution is 7.92. The highest BCUT2D eigenvalue weighted by atomic mass is 32.2. The van der Waals surface area contributed by atoms with Gasteiger partial charge in [0.2, 0.25) is 15.9 Å². The summed E-state index contributed by atoms with van der Waals surface area (Å²) in [5.74, 6) is -1.20. The lowest BCUT2D eigenvalue weighted by molar-refractivity contribution is -0.120. The molecular weight excluding hydrogens is 460 g/mol. The van der Waals surface area contributed by atoms with Crippen molar-refractivity contribution < 1.29 is 27.9 Å². The molecule has 10 nitrogen and oxygen atoms in total. The van der Waals surface area contributed by atoms with Crippen LogP contribution in [0, 0.1) is 0 Å². The first-order valence-corrected chi connectivity index (χ1v) is 12.4. The van der Waals surface area contributed by atoms with Gasteiger partial charge in [-0.15, -0.1) is 0 Å². The number of amides is 4. The van der Waals surface area contributed by atoms with Crippen molar-refractivity contribution in [2.75, 3.05) is 34.4 Å². The number of aromatic hydroxyl groups is 1. The molecule has 3 rings (SSSR count). The van der Waals surface area contributed by atoms with Crippen LogP contribution < -0.4 is 19.8 Å². The minimum absolute atomic E-state index is 0.0375. The summed E-state index contributed by atoms with van der Waals surface area (Å²) in [6, 6.07) is 8.62. The van der Waals surface area contributed by atoms with Gasteiger partial charge < -0.3 is 10.4 Å². The van der Waals surface area contributed by atoms with Gasteiger partial charge in [0.15, 0.2) is 0 Å². The molecule has 1 aliphatic heterocycles. The standard InChI is InChI=1S/C23H28N4O6S/c1-23(2,3)18-13-16(27-11-10-19(28)25-22(27)31)12-17(20(18)29)21(30)24-14-6-8-15(9-7-14)26(4)34(5,32)33/h6-9,12-13,29H,10-11H2,1-5H3,(H,24,30)(H,25,28,31). The Morgan fingerprint density at radius 3 is 2.29 bits per heavy atom. The van der Waals surface area contributed by atoms with E-state index in [0.29, 0.717) is 22.6 Å². The summed E-state index contributed by atoms with van der Waals surface area (Å²) in [5.41, 5.74) is 1.07. The number of sulfonamides is 1. The molecule has 182 valence electrons. The number of hydrogen-bond donors (Lipinski definition) is 3. The fourth-order valence-electron chi connectivity index (χ4n) is 3.47. The summed E-state index contributed by atoms with van der Waals surface area (Å²) in [6.07, 6.45) is 1.21. The van der Waals surface area contributed by atoms with Crippen LogP contribution in [0.1, 0.15) is 43.1 Å². The highest BCUT2D eigenvalue weighted by Crippen LogP contribution is 2.38. The number of anilines is 3. The number of hydrogen-bond acceptors (Lipinski definition) is 6.